The number of hydrogen-bond acceptors (Lipinski definition) is 4. The lowest BCUT2D eigenvalue weighted by atomic mass is 9.79. The second-order valence-electron chi connectivity index (χ2n) is 7.52. The molecule has 3 aromatic carbocycles. The second kappa shape index (κ2) is 7.84. The van der Waals surface area contributed by atoms with E-state index in [-0.39, 0.29) is 16.3 Å². The number of anilines is 1. The maximum Gasteiger partial charge on any atom is 0.313 e. The van der Waals surface area contributed by atoms with Crippen molar-refractivity contribution < 1.29 is 28.6 Å². The van der Waals surface area contributed by atoms with Crippen molar-refractivity contribution in [2.75, 3.05) is 18.1 Å². The number of carboxylic acid groups (broad SMARTS) is 1. The molecule has 2 aliphatic rings. The molecule has 1 N–H and O–H groups in total. The van der Waals surface area contributed by atoms with Gasteiger partial charge in [-0.1, -0.05) is 35.9 Å². The summed E-state index contributed by atoms with van der Waals surface area (Å²) in [5.41, 5.74) is 1.39. The van der Waals surface area contributed by atoms with Crippen molar-refractivity contribution in [3.8, 4) is 11.5 Å². The SMILES string of the molecule is O=C(O)[C@@H]1c2ccccc2C(=O)N(c2ccc(Cl)c(F)c2)[C@H]1c1ccc2c(c1)OCCO2. The van der Waals surface area contributed by atoms with Crippen LogP contribution in [0.15, 0.2) is 60.7 Å². The van der Waals surface area contributed by atoms with Crippen molar-refractivity contribution in [3.63, 3.8) is 0 Å². The Morgan fingerprint density at radius 3 is 2.53 bits per heavy atom. The number of aliphatic carboxylic acids is 1. The highest BCUT2D eigenvalue weighted by atomic mass is 35.5. The molecule has 32 heavy (non-hydrogen) atoms. The average Bonchev–Trinajstić information content (AvgIpc) is 2.80. The van der Waals surface area contributed by atoms with E-state index in [2.05, 4.69) is 0 Å². The number of halogens is 2. The lowest BCUT2D eigenvalue weighted by Gasteiger charge is -2.41. The number of carbonyl (C=O) groups is 2. The van der Waals surface area contributed by atoms with Gasteiger partial charge in [-0.05, 0) is 47.5 Å². The van der Waals surface area contributed by atoms with E-state index in [9.17, 15) is 19.1 Å². The van der Waals surface area contributed by atoms with Crippen LogP contribution in [0.2, 0.25) is 5.02 Å². The molecule has 3 aromatic rings. The maximum atomic E-state index is 14.3. The Bertz CT molecular complexity index is 1250. The number of ether oxygens (including phenoxy) is 2. The van der Waals surface area contributed by atoms with Crippen LogP contribution in [-0.4, -0.2) is 30.2 Å². The zero-order valence-corrected chi connectivity index (χ0v) is 17.4. The van der Waals surface area contributed by atoms with Crippen LogP contribution in [0.1, 0.15) is 33.4 Å². The number of carboxylic acids is 1. The summed E-state index contributed by atoms with van der Waals surface area (Å²) in [7, 11) is 0. The molecular formula is C24H17ClFNO5. The van der Waals surface area contributed by atoms with Gasteiger partial charge in [-0.2, -0.15) is 0 Å². The first-order chi connectivity index (χ1) is 15.5. The minimum absolute atomic E-state index is 0.0933. The predicted octanol–water partition coefficient (Wildman–Crippen LogP) is 4.82. The van der Waals surface area contributed by atoms with Crippen LogP contribution in [0.3, 0.4) is 0 Å². The molecule has 0 radical (unpaired) electrons. The predicted molar refractivity (Wildman–Crippen MR) is 115 cm³/mol. The number of carbonyl (C=O) groups excluding carboxylic acids is 1. The first-order valence-electron chi connectivity index (χ1n) is 9.95. The first kappa shape index (κ1) is 20.3. The van der Waals surface area contributed by atoms with Gasteiger partial charge >= 0.3 is 5.97 Å². The van der Waals surface area contributed by atoms with E-state index in [4.69, 9.17) is 21.1 Å². The lowest BCUT2D eigenvalue weighted by Crippen LogP contribution is -2.45. The Morgan fingerprint density at radius 1 is 1.03 bits per heavy atom. The summed E-state index contributed by atoms with van der Waals surface area (Å²) in [6.45, 7) is 0.771. The molecular weight excluding hydrogens is 437 g/mol. The van der Waals surface area contributed by atoms with Crippen LogP contribution in [0.4, 0.5) is 10.1 Å². The van der Waals surface area contributed by atoms with Crippen molar-refractivity contribution >= 4 is 29.2 Å². The van der Waals surface area contributed by atoms with Gasteiger partial charge in [-0.25, -0.2) is 4.39 Å². The maximum absolute atomic E-state index is 14.3. The van der Waals surface area contributed by atoms with Gasteiger partial charge in [0.15, 0.2) is 11.5 Å². The fourth-order valence-corrected chi connectivity index (χ4v) is 4.42. The van der Waals surface area contributed by atoms with Gasteiger partial charge in [0.05, 0.1) is 11.1 Å². The summed E-state index contributed by atoms with van der Waals surface area (Å²) in [4.78, 5) is 27.4. The molecule has 162 valence electrons. The number of benzene rings is 3. The topological polar surface area (TPSA) is 76.1 Å². The van der Waals surface area contributed by atoms with Crippen LogP contribution < -0.4 is 14.4 Å². The summed E-state index contributed by atoms with van der Waals surface area (Å²) in [5.74, 6) is -2.33. The molecule has 2 heterocycles. The Kier molecular flexibility index (Phi) is 4.98. The molecule has 0 spiro atoms. The van der Waals surface area contributed by atoms with Crippen molar-refractivity contribution in [1.29, 1.82) is 0 Å². The first-order valence-corrected chi connectivity index (χ1v) is 10.3. The number of hydrogen-bond donors (Lipinski definition) is 1. The van der Waals surface area contributed by atoms with E-state index in [0.29, 0.717) is 35.8 Å². The molecule has 2 atom stereocenters. The van der Waals surface area contributed by atoms with Crippen molar-refractivity contribution in [1.82, 2.24) is 0 Å². The van der Waals surface area contributed by atoms with Gasteiger partial charge in [0.2, 0.25) is 0 Å². The Morgan fingerprint density at radius 2 is 1.78 bits per heavy atom. The molecule has 0 bridgehead atoms. The van der Waals surface area contributed by atoms with Crippen LogP contribution in [-0.2, 0) is 4.79 Å². The van der Waals surface area contributed by atoms with E-state index in [0.717, 1.165) is 6.07 Å². The summed E-state index contributed by atoms with van der Waals surface area (Å²) < 4.78 is 25.6. The molecule has 8 heteroatoms. The van der Waals surface area contributed by atoms with Crippen LogP contribution in [0.25, 0.3) is 0 Å². The highest BCUT2D eigenvalue weighted by Gasteiger charge is 2.45. The van der Waals surface area contributed by atoms with E-state index < -0.39 is 29.7 Å². The van der Waals surface area contributed by atoms with E-state index in [1.807, 2.05) is 0 Å². The fraction of sp³-hybridized carbons (Fsp3) is 0.167. The highest BCUT2D eigenvalue weighted by Crippen LogP contribution is 2.47. The van der Waals surface area contributed by atoms with E-state index in [1.54, 1.807) is 42.5 Å². The van der Waals surface area contributed by atoms with E-state index >= 15 is 0 Å². The lowest BCUT2D eigenvalue weighted by molar-refractivity contribution is -0.139. The number of rotatable bonds is 3. The summed E-state index contributed by atoms with van der Waals surface area (Å²) in [6.07, 6.45) is 0. The van der Waals surface area contributed by atoms with Crippen molar-refractivity contribution in [2.45, 2.75) is 12.0 Å². The molecule has 0 fully saturated rings. The molecule has 1 amide bonds. The Labute approximate surface area is 187 Å². The zero-order valence-electron chi connectivity index (χ0n) is 16.6. The van der Waals surface area contributed by atoms with Crippen LogP contribution >= 0.6 is 11.6 Å². The molecule has 6 nitrogen and oxygen atoms in total. The summed E-state index contributed by atoms with van der Waals surface area (Å²) in [6, 6.07) is 14.7. The summed E-state index contributed by atoms with van der Waals surface area (Å²) in [5, 5.41) is 10.1. The molecule has 2 aliphatic heterocycles. The van der Waals surface area contributed by atoms with Crippen LogP contribution in [0, 0.1) is 5.82 Å². The smallest absolute Gasteiger partial charge is 0.313 e. The van der Waals surface area contributed by atoms with E-state index in [1.165, 1.54) is 17.0 Å². The third-order valence-corrected chi connectivity index (χ3v) is 6.00. The molecule has 0 saturated heterocycles. The monoisotopic (exact) mass is 453 g/mol. The largest absolute Gasteiger partial charge is 0.486 e. The third-order valence-electron chi connectivity index (χ3n) is 5.69. The number of nitrogens with zero attached hydrogens (tertiary/aromatic N) is 1. The molecule has 0 saturated carbocycles. The zero-order chi connectivity index (χ0) is 22.4. The van der Waals surface area contributed by atoms with Gasteiger partial charge in [0.1, 0.15) is 24.9 Å². The highest BCUT2D eigenvalue weighted by molar-refractivity contribution is 6.30. The minimum atomic E-state index is -1.11. The molecule has 5 rings (SSSR count). The minimum Gasteiger partial charge on any atom is -0.486 e. The Balaban J connectivity index is 1.74. The number of fused-ring (bicyclic) bond motifs is 2. The van der Waals surface area contributed by atoms with Gasteiger partial charge in [0, 0.05) is 11.3 Å². The van der Waals surface area contributed by atoms with Gasteiger partial charge < -0.3 is 14.6 Å². The fourth-order valence-electron chi connectivity index (χ4n) is 4.30. The van der Waals surface area contributed by atoms with Gasteiger partial charge in [-0.15, -0.1) is 0 Å². The standard InChI is InChI=1S/C24H17ClFNO5/c25-17-7-6-14(12-18(17)26)27-22(13-5-8-19-20(11-13)32-10-9-31-19)21(24(29)30)15-3-1-2-4-16(15)23(27)28/h1-8,11-12,21-22H,9-10H2,(H,29,30)/t21-,22+/m1/s1. The third kappa shape index (κ3) is 3.26. The van der Waals surface area contributed by atoms with Crippen molar-refractivity contribution in [2.24, 2.45) is 0 Å². The molecule has 0 unspecified atom stereocenters. The molecule has 0 aliphatic carbocycles. The quantitative estimate of drug-likeness (QED) is 0.615. The molecule has 0 aromatic heterocycles. The number of amides is 1. The summed E-state index contributed by atoms with van der Waals surface area (Å²) >= 11 is 5.85. The second-order valence-corrected chi connectivity index (χ2v) is 7.93. The average molecular weight is 454 g/mol. The van der Waals surface area contributed by atoms with Crippen LogP contribution in [0.5, 0.6) is 11.5 Å². The van der Waals surface area contributed by atoms with Gasteiger partial charge in [-0.3, -0.25) is 14.5 Å². The Hall–Kier alpha value is -3.58. The van der Waals surface area contributed by atoms with Gasteiger partial charge in [0.25, 0.3) is 5.91 Å². The van der Waals surface area contributed by atoms with Crippen molar-refractivity contribution in [3.05, 3.63) is 88.2 Å². The normalized spacial score (nSPS) is 19.4.